The summed E-state index contributed by atoms with van der Waals surface area (Å²) in [6.07, 6.45) is 1.25. The third-order valence-corrected chi connectivity index (χ3v) is 5.80. The predicted molar refractivity (Wildman–Crippen MR) is 118 cm³/mol. The van der Waals surface area contributed by atoms with Crippen molar-refractivity contribution < 1.29 is 9.53 Å². The Hall–Kier alpha value is -1.78. The van der Waals surface area contributed by atoms with Crippen molar-refractivity contribution in [1.29, 1.82) is 5.26 Å². The smallest absolute Gasteiger partial charge is 0.162 e. The number of ether oxygens (including phenoxy) is 1. The van der Waals surface area contributed by atoms with Gasteiger partial charge < -0.3 is 15.4 Å². The van der Waals surface area contributed by atoms with Crippen LogP contribution in [0.1, 0.15) is 38.2 Å². The first-order chi connectivity index (χ1) is 13.8. The number of ketones is 1. The molecule has 29 heavy (non-hydrogen) atoms. The van der Waals surface area contributed by atoms with Crippen molar-refractivity contribution in [2.75, 3.05) is 26.3 Å². The lowest BCUT2D eigenvalue weighted by Crippen LogP contribution is -2.36. The van der Waals surface area contributed by atoms with E-state index in [1.165, 1.54) is 0 Å². The zero-order valence-corrected chi connectivity index (χ0v) is 18.4. The van der Waals surface area contributed by atoms with Crippen LogP contribution in [0.4, 0.5) is 0 Å². The third kappa shape index (κ3) is 5.23. The van der Waals surface area contributed by atoms with Crippen LogP contribution < -0.4 is 10.6 Å². The number of thiol groups is 1. The fourth-order valence-corrected chi connectivity index (χ4v) is 4.33. The van der Waals surface area contributed by atoms with Gasteiger partial charge in [-0.15, -0.1) is 12.6 Å². The van der Waals surface area contributed by atoms with Gasteiger partial charge in [-0.3, -0.25) is 4.79 Å². The van der Waals surface area contributed by atoms with E-state index >= 15 is 0 Å². The summed E-state index contributed by atoms with van der Waals surface area (Å²) in [6, 6.07) is 9.51. The second-order valence-electron chi connectivity index (χ2n) is 8.18. The largest absolute Gasteiger partial charge is 0.379 e. The monoisotopic (exact) mass is 431 g/mol. The standard InChI is InChI=1S/C18H17ClN2OS.C4H9NO/c1-18(2)7-13-16(14(22)8-18)15(12(9-20)17(23)21-13)10-3-5-11(19)6-4-10;1-3-6-4-2-5-1/h3-6,15,21,23H,7-8H2,1-2H3;5H,1-4H2. The molecule has 1 unspecified atom stereocenters. The fourth-order valence-electron chi connectivity index (χ4n) is 3.89. The van der Waals surface area contributed by atoms with Crippen molar-refractivity contribution in [3.63, 3.8) is 0 Å². The van der Waals surface area contributed by atoms with Gasteiger partial charge in [0.1, 0.15) is 0 Å². The van der Waals surface area contributed by atoms with Gasteiger partial charge in [-0.1, -0.05) is 37.6 Å². The molecule has 1 aliphatic carbocycles. The maximum atomic E-state index is 12.8. The van der Waals surface area contributed by atoms with E-state index in [1.54, 1.807) is 12.1 Å². The minimum atomic E-state index is -0.371. The normalized spacial score (nSPS) is 23.4. The summed E-state index contributed by atoms with van der Waals surface area (Å²) in [5.74, 6) is -0.276. The molecule has 1 aromatic carbocycles. The van der Waals surface area contributed by atoms with Crippen LogP contribution in [0.3, 0.4) is 0 Å². The highest BCUT2D eigenvalue weighted by Gasteiger charge is 2.41. The molecule has 0 saturated carbocycles. The topological polar surface area (TPSA) is 74.2 Å². The SMILES string of the molecule is C1COCCN1.CC1(C)CC(=O)C2=C(C1)NC(S)=C(C#N)C2c1ccc(Cl)cc1. The van der Waals surface area contributed by atoms with Gasteiger partial charge in [0, 0.05) is 35.8 Å². The van der Waals surface area contributed by atoms with E-state index in [0.29, 0.717) is 27.6 Å². The zero-order chi connectivity index (χ0) is 21.0. The molecule has 154 valence electrons. The molecule has 2 aliphatic heterocycles. The zero-order valence-electron chi connectivity index (χ0n) is 16.7. The van der Waals surface area contributed by atoms with Crippen LogP contribution in [0.15, 0.2) is 46.1 Å². The number of hydrogen-bond acceptors (Lipinski definition) is 6. The quantitative estimate of drug-likeness (QED) is 0.587. The number of halogens is 1. The Morgan fingerprint density at radius 3 is 2.38 bits per heavy atom. The summed E-state index contributed by atoms with van der Waals surface area (Å²) in [6.45, 7) is 7.99. The summed E-state index contributed by atoms with van der Waals surface area (Å²) in [4.78, 5) is 12.8. The van der Waals surface area contributed by atoms with Gasteiger partial charge in [0.05, 0.1) is 35.8 Å². The maximum Gasteiger partial charge on any atom is 0.162 e. The summed E-state index contributed by atoms with van der Waals surface area (Å²) in [5.41, 5.74) is 2.85. The number of hydrogen-bond donors (Lipinski definition) is 3. The first-order valence-electron chi connectivity index (χ1n) is 9.73. The second kappa shape index (κ2) is 9.36. The van der Waals surface area contributed by atoms with Crippen LogP contribution in [0, 0.1) is 16.7 Å². The molecule has 0 bridgehead atoms. The van der Waals surface area contributed by atoms with Crippen molar-refractivity contribution in [2.45, 2.75) is 32.6 Å². The molecular formula is C22H26ClN3O2S. The number of morpholine rings is 1. The molecule has 1 fully saturated rings. The molecular weight excluding hydrogens is 406 g/mol. The van der Waals surface area contributed by atoms with Crippen LogP contribution in [-0.4, -0.2) is 32.1 Å². The van der Waals surface area contributed by atoms with Crippen LogP contribution in [0.2, 0.25) is 5.02 Å². The Balaban J connectivity index is 0.000000343. The summed E-state index contributed by atoms with van der Waals surface area (Å²) >= 11 is 10.4. The van der Waals surface area contributed by atoms with E-state index in [2.05, 4.69) is 43.2 Å². The van der Waals surface area contributed by atoms with Crippen LogP contribution in [-0.2, 0) is 9.53 Å². The number of benzene rings is 1. The number of nitrogens with one attached hydrogen (secondary N) is 2. The van der Waals surface area contributed by atoms with Gasteiger partial charge in [-0.05, 0) is 29.5 Å². The number of rotatable bonds is 1. The van der Waals surface area contributed by atoms with Crippen molar-refractivity contribution in [3.8, 4) is 6.07 Å². The van der Waals surface area contributed by atoms with E-state index < -0.39 is 0 Å². The van der Waals surface area contributed by atoms with Gasteiger partial charge in [0.25, 0.3) is 0 Å². The van der Waals surface area contributed by atoms with Crippen LogP contribution in [0.25, 0.3) is 0 Å². The number of nitrogens with zero attached hydrogens (tertiary/aromatic N) is 1. The molecule has 0 radical (unpaired) electrons. The lowest BCUT2D eigenvalue weighted by molar-refractivity contribution is -0.118. The molecule has 5 nitrogen and oxygen atoms in total. The Morgan fingerprint density at radius 2 is 1.86 bits per heavy atom. The van der Waals surface area contributed by atoms with Gasteiger partial charge in [0.2, 0.25) is 0 Å². The molecule has 2 N–H and O–H groups in total. The fraction of sp³-hybridized carbons (Fsp3) is 0.455. The van der Waals surface area contributed by atoms with Gasteiger partial charge in [-0.2, -0.15) is 5.26 Å². The Bertz CT molecular complexity index is 869. The Morgan fingerprint density at radius 1 is 1.21 bits per heavy atom. The molecule has 7 heteroatoms. The Labute approximate surface area is 182 Å². The van der Waals surface area contributed by atoms with Gasteiger partial charge in [-0.25, -0.2) is 0 Å². The van der Waals surface area contributed by atoms with Crippen LogP contribution in [0.5, 0.6) is 0 Å². The molecule has 1 saturated heterocycles. The Kier molecular flexibility index (Phi) is 7.07. The molecule has 3 aliphatic rings. The summed E-state index contributed by atoms with van der Waals surface area (Å²) in [5, 5.41) is 17.1. The lowest BCUT2D eigenvalue weighted by Gasteiger charge is -2.38. The predicted octanol–water partition coefficient (Wildman–Crippen LogP) is 3.94. The molecule has 1 aromatic rings. The van der Waals surface area contributed by atoms with E-state index in [4.69, 9.17) is 16.3 Å². The second-order valence-corrected chi connectivity index (χ2v) is 9.06. The van der Waals surface area contributed by atoms with E-state index in [0.717, 1.165) is 44.0 Å². The number of carbonyl (C=O) groups excluding carboxylic acids is 1. The first kappa shape index (κ1) is 21.9. The maximum absolute atomic E-state index is 12.8. The van der Waals surface area contributed by atoms with Gasteiger partial charge >= 0.3 is 0 Å². The molecule has 0 amide bonds. The third-order valence-electron chi connectivity index (χ3n) is 5.19. The average Bonchev–Trinajstić information content (AvgIpc) is 2.68. The minimum Gasteiger partial charge on any atom is -0.379 e. The summed E-state index contributed by atoms with van der Waals surface area (Å²) < 4.78 is 5.01. The number of carbonyl (C=O) groups is 1. The average molecular weight is 432 g/mol. The molecule has 2 heterocycles. The molecule has 0 aromatic heterocycles. The highest BCUT2D eigenvalue weighted by atomic mass is 35.5. The lowest BCUT2D eigenvalue weighted by atomic mass is 9.69. The van der Waals surface area contributed by atoms with Crippen molar-refractivity contribution in [3.05, 3.63) is 56.7 Å². The minimum absolute atomic E-state index is 0.0916. The first-order valence-corrected chi connectivity index (χ1v) is 10.6. The number of Topliss-reactive ketones (excluding diaryl/α,β-unsaturated/α-hetero) is 1. The van der Waals surface area contributed by atoms with Gasteiger partial charge in [0.15, 0.2) is 5.78 Å². The number of allylic oxidation sites excluding steroid dienone is 3. The molecule has 1 atom stereocenters. The van der Waals surface area contributed by atoms with E-state index in [1.807, 2.05) is 12.1 Å². The number of nitriles is 1. The van der Waals surface area contributed by atoms with Crippen molar-refractivity contribution in [2.24, 2.45) is 5.41 Å². The summed E-state index contributed by atoms with van der Waals surface area (Å²) in [7, 11) is 0. The molecule has 4 rings (SSSR count). The highest BCUT2D eigenvalue weighted by Crippen LogP contribution is 2.46. The van der Waals surface area contributed by atoms with E-state index in [-0.39, 0.29) is 17.1 Å². The van der Waals surface area contributed by atoms with Crippen molar-refractivity contribution >= 4 is 30.0 Å². The van der Waals surface area contributed by atoms with E-state index in [9.17, 15) is 10.1 Å². The highest BCUT2D eigenvalue weighted by molar-refractivity contribution is 7.84. The number of dihydropyridines is 1. The molecule has 0 spiro atoms. The van der Waals surface area contributed by atoms with Crippen LogP contribution >= 0.6 is 24.2 Å². The van der Waals surface area contributed by atoms with Crippen molar-refractivity contribution in [1.82, 2.24) is 10.6 Å².